The minimum absolute atomic E-state index is 0.727. The second kappa shape index (κ2) is 8.06. The Kier molecular flexibility index (Phi) is 6.39. The van der Waals surface area contributed by atoms with Gasteiger partial charge in [-0.25, -0.2) is 0 Å². The Morgan fingerprint density at radius 1 is 1.32 bits per heavy atom. The molecule has 108 valence electrons. The summed E-state index contributed by atoms with van der Waals surface area (Å²) in [7, 11) is 2.15. The molecule has 1 heterocycles. The van der Waals surface area contributed by atoms with Gasteiger partial charge in [0.2, 0.25) is 0 Å². The Balaban J connectivity index is 1.75. The van der Waals surface area contributed by atoms with Crippen molar-refractivity contribution < 1.29 is 0 Å². The van der Waals surface area contributed by atoms with Gasteiger partial charge in [-0.3, -0.25) is 0 Å². The molecule has 2 heteroatoms. The van der Waals surface area contributed by atoms with Crippen LogP contribution in [0.5, 0.6) is 0 Å². The Bertz CT molecular complexity index is 325. The monoisotopic (exact) mass is 279 g/mol. The molecular weight excluding hydrogens is 250 g/mol. The van der Waals surface area contributed by atoms with Crippen molar-refractivity contribution in [3.05, 3.63) is 22.4 Å². The molecule has 0 radical (unpaired) electrons. The molecule has 1 fully saturated rings. The summed E-state index contributed by atoms with van der Waals surface area (Å²) < 4.78 is 0. The fourth-order valence-corrected chi connectivity index (χ4v) is 4.38. The number of hydrogen-bond acceptors (Lipinski definition) is 2. The van der Waals surface area contributed by atoms with Crippen LogP contribution in [0.1, 0.15) is 56.7 Å². The Morgan fingerprint density at radius 2 is 2.11 bits per heavy atom. The summed E-state index contributed by atoms with van der Waals surface area (Å²) in [5.41, 5.74) is 0. The van der Waals surface area contributed by atoms with Gasteiger partial charge in [-0.2, -0.15) is 0 Å². The van der Waals surface area contributed by atoms with Crippen molar-refractivity contribution in [2.24, 2.45) is 11.8 Å². The van der Waals surface area contributed by atoms with E-state index in [-0.39, 0.29) is 0 Å². The van der Waals surface area contributed by atoms with Crippen molar-refractivity contribution in [2.45, 2.75) is 64.3 Å². The second-order valence-electron chi connectivity index (χ2n) is 6.08. The Labute approximate surface area is 122 Å². The van der Waals surface area contributed by atoms with E-state index in [0.29, 0.717) is 0 Å². The highest BCUT2D eigenvalue weighted by Crippen LogP contribution is 2.34. The second-order valence-corrected chi connectivity index (χ2v) is 7.11. The molecule has 0 spiro atoms. The standard InChI is InChI=1S/C17H29NS/c1-3-5-14-7-9-15(10-8-14)17(18-2)12-11-16-6-4-13-19-16/h4,6,13-15,17-18H,3,5,7-12H2,1-2H3. The summed E-state index contributed by atoms with van der Waals surface area (Å²) in [6.07, 6.45) is 11.2. The van der Waals surface area contributed by atoms with Crippen LogP contribution >= 0.6 is 11.3 Å². The SMILES string of the molecule is CCCC1CCC(C(CCc2cccs2)NC)CC1. The summed E-state index contributed by atoms with van der Waals surface area (Å²) >= 11 is 1.90. The van der Waals surface area contributed by atoms with Gasteiger partial charge in [0, 0.05) is 10.9 Å². The van der Waals surface area contributed by atoms with Gasteiger partial charge in [-0.1, -0.05) is 38.7 Å². The molecule has 0 bridgehead atoms. The smallest absolute Gasteiger partial charge is 0.00957 e. The summed E-state index contributed by atoms with van der Waals surface area (Å²) in [6.45, 7) is 2.32. The lowest BCUT2D eigenvalue weighted by atomic mass is 9.76. The van der Waals surface area contributed by atoms with Gasteiger partial charge in [0.25, 0.3) is 0 Å². The van der Waals surface area contributed by atoms with E-state index < -0.39 is 0 Å². The summed E-state index contributed by atoms with van der Waals surface area (Å²) in [4.78, 5) is 1.54. The van der Waals surface area contributed by atoms with Crippen LogP contribution in [0, 0.1) is 11.8 Å². The van der Waals surface area contributed by atoms with Crippen LogP contribution in [-0.2, 0) is 6.42 Å². The highest BCUT2D eigenvalue weighted by Gasteiger charge is 2.26. The van der Waals surface area contributed by atoms with Crippen LogP contribution in [0.15, 0.2) is 17.5 Å². The van der Waals surface area contributed by atoms with E-state index in [9.17, 15) is 0 Å². The molecule has 2 rings (SSSR count). The highest BCUT2D eigenvalue weighted by atomic mass is 32.1. The van der Waals surface area contributed by atoms with Gasteiger partial charge in [-0.15, -0.1) is 11.3 Å². The number of aryl methyl sites for hydroxylation is 1. The van der Waals surface area contributed by atoms with Crippen molar-refractivity contribution in [1.82, 2.24) is 5.32 Å². The molecule has 19 heavy (non-hydrogen) atoms. The van der Waals surface area contributed by atoms with Crippen LogP contribution in [0.2, 0.25) is 0 Å². The molecule has 1 aliphatic carbocycles. The maximum absolute atomic E-state index is 3.59. The zero-order valence-corrected chi connectivity index (χ0v) is 13.3. The van der Waals surface area contributed by atoms with Crippen LogP contribution in [0.25, 0.3) is 0 Å². The van der Waals surface area contributed by atoms with Crippen molar-refractivity contribution in [3.63, 3.8) is 0 Å². The molecule has 1 aromatic heterocycles. The zero-order chi connectivity index (χ0) is 13.5. The maximum atomic E-state index is 3.59. The minimum atomic E-state index is 0.727. The molecule has 0 amide bonds. The first-order chi connectivity index (χ1) is 9.33. The number of rotatable bonds is 7. The van der Waals surface area contributed by atoms with E-state index >= 15 is 0 Å². The molecule has 1 aliphatic rings. The van der Waals surface area contributed by atoms with Gasteiger partial charge in [0.1, 0.15) is 0 Å². The quantitative estimate of drug-likeness (QED) is 0.750. The zero-order valence-electron chi connectivity index (χ0n) is 12.5. The lowest BCUT2D eigenvalue weighted by Crippen LogP contribution is -2.36. The fourth-order valence-electron chi connectivity index (χ4n) is 3.66. The van der Waals surface area contributed by atoms with Crippen LogP contribution < -0.4 is 5.32 Å². The van der Waals surface area contributed by atoms with Crippen LogP contribution in [0.3, 0.4) is 0 Å². The number of thiophene rings is 1. The van der Waals surface area contributed by atoms with Crippen molar-refractivity contribution in [3.8, 4) is 0 Å². The van der Waals surface area contributed by atoms with Crippen LogP contribution in [-0.4, -0.2) is 13.1 Å². The largest absolute Gasteiger partial charge is 0.317 e. The highest BCUT2D eigenvalue weighted by molar-refractivity contribution is 7.09. The lowest BCUT2D eigenvalue weighted by Gasteiger charge is -2.34. The first kappa shape index (κ1) is 15.1. The van der Waals surface area contributed by atoms with Gasteiger partial charge >= 0.3 is 0 Å². The van der Waals surface area contributed by atoms with Crippen molar-refractivity contribution in [1.29, 1.82) is 0 Å². The predicted molar refractivity (Wildman–Crippen MR) is 85.8 cm³/mol. The van der Waals surface area contributed by atoms with Gasteiger partial charge in [-0.05, 0) is 56.0 Å². The molecule has 1 atom stereocenters. The molecule has 1 nitrogen and oxygen atoms in total. The molecule has 1 saturated carbocycles. The molecule has 1 N–H and O–H groups in total. The number of nitrogens with one attached hydrogen (secondary N) is 1. The van der Waals surface area contributed by atoms with Crippen LogP contribution in [0.4, 0.5) is 0 Å². The van der Waals surface area contributed by atoms with E-state index in [4.69, 9.17) is 0 Å². The average Bonchev–Trinajstić information content (AvgIpc) is 2.95. The predicted octanol–water partition coefficient (Wildman–Crippen LogP) is 4.88. The molecular formula is C17H29NS. The van der Waals surface area contributed by atoms with E-state index in [1.54, 1.807) is 4.88 Å². The Morgan fingerprint density at radius 3 is 2.68 bits per heavy atom. The summed E-state index contributed by atoms with van der Waals surface area (Å²) in [5.74, 6) is 1.94. The van der Waals surface area contributed by atoms with Crippen molar-refractivity contribution in [2.75, 3.05) is 7.05 Å². The van der Waals surface area contributed by atoms with Gasteiger partial charge in [0.05, 0.1) is 0 Å². The third kappa shape index (κ3) is 4.61. The summed E-state index contributed by atoms with van der Waals surface area (Å²) in [5, 5.41) is 5.78. The van der Waals surface area contributed by atoms with E-state index in [1.807, 2.05) is 11.3 Å². The lowest BCUT2D eigenvalue weighted by molar-refractivity contribution is 0.213. The molecule has 0 aliphatic heterocycles. The topological polar surface area (TPSA) is 12.0 Å². The molecule has 0 aromatic carbocycles. The first-order valence-corrected chi connectivity index (χ1v) is 8.91. The molecule has 1 aromatic rings. The van der Waals surface area contributed by atoms with E-state index in [2.05, 4.69) is 36.8 Å². The van der Waals surface area contributed by atoms with Crippen molar-refractivity contribution >= 4 is 11.3 Å². The van der Waals surface area contributed by atoms with Gasteiger partial charge < -0.3 is 5.32 Å². The average molecular weight is 279 g/mol. The first-order valence-electron chi connectivity index (χ1n) is 8.03. The van der Waals surface area contributed by atoms with Gasteiger partial charge in [0.15, 0.2) is 0 Å². The normalized spacial score (nSPS) is 25.4. The van der Waals surface area contributed by atoms with E-state index in [0.717, 1.165) is 17.9 Å². The Hall–Kier alpha value is -0.340. The fraction of sp³-hybridized carbons (Fsp3) is 0.765. The minimum Gasteiger partial charge on any atom is -0.317 e. The third-order valence-electron chi connectivity index (χ3n) is 4.81. The molecule has 1 unspecified atom stereocenters. The third-order valence-corrected chi connectivity index (χ3v) is 5.75. The maximum Gasteiger partial charge on any atom is 0.00957 e. The molecule has 0 saturated heterocycles. The summed E-state index contributed by atoms with van der Waals surface area (Å²) in [6, 6.07) is 5.17. The van der Waals surface area contributed by atoms with E-state index in [1.165, 1.54) is 51.4 Å². The number of hydrogen-bond donors (Lipinski definition) is 1.